The minimum Gasteiger partial charge on any atom is -0.441 e. The molecule has 5 heteroatoms. The molecular weight excluding hydrogens is 343 g/mol. The number of carbonyl (C=O) groups excluding carboxylic acids is 1. The van der Waals surface area contributed by atoms with E-state index in [2.05, 4.69) is 22.4 Å². The number of hydrogen-bond acceptors (Lipinski definition) is 3. The van der Waals surface area contributed by atoms with E-state index in [9.17, 15) is 9.18 Å². The molecule has 0 fully saturated rings. The molecule has 1 aromatic heterocycles. The first-order valence-electron chi connectivity index (χ1n) is 9.14. The van der Waals surface area contributed by atoms with E-state index < -0.39 is 0 Å². The molecule has 0 aliphatic heterocycles. The van der Waals surface area contributed by atoms with Gasteiger partial charge in [0.25, 0.3) is 0 Å². The van der Waals surface area contributed by atoms with Crippen LogP contribution in [0.15, 0.2) is 65.2 Å². The number of aromatic nitrogens is 1. The van der Waals surface area contributed by atoms with E-state index in [1.165, 1.54) is 17.7 Å². The summed E-state index contributed by atoms with van der Waals surface area (Å²) in [6.45, 7) is 2.01. The third-order valence-electron chi connectivity index (χ3n) is 4.36. The van der Waals surface area contributed by atoms with Gasteiger partial charge in [-0.25, -0.2) is 9.37 Å². The Morgan fingerprint density at radius 3 is 2.59 bits per heavy atom. The fourth-order valence-electron chi connectivity index (χ4n) is 2.84. The molecule has 0 bridgehead atoms. The zero-order valence-electron chi connectivity index (χ0n) is 15.3. The lowest BCUT2D eigenvalue weighted by molar-refractivity contribution is -0.121. The predicted molar refractivity (Wildman–Crippen MR) is 103 cm³/mol. The minimum atomic E-state index is -0.295. The van der Waals surface area contributed by atoms with Gasteiger partial charge in [-0.2, -0.15) is 0 Å². The number of carbonyl (C=O) groups is 1. The number of halogens is 1. The van der Waals surface area contributed by atoms with Crippen LogP contribution in [0.25, 0.3) is 11.3 Å². The van der Waals surface area contributed by atoms with Gasteiger partial charge in [-0.1, -0.05) is 30.3 Å². The van der Waals surface area contributed by atoms with Crippen molar-refractivity contribution < 1.29 is 13.6 Å². The fourth-order valence-corrected chi connectivity index (χ4v) is 2.84. The van der Waals surface area contributed by atoms with Crippen molar-refractivity contribution in [3.63, 3.8) is 0 Å². The molecule has 0 aliphatic carbocycles. The highest BCUT2D eigenvalue weighted by atomic mass is 19.1. The lowest BCUT2D eigenvalue weighted by atomic mass is 10.1. The van der Waals surface area contributed by atoms with Crippen LogP contribution in [0.5, 0.6) is 0 Å². The highest BCUT2D eigenvalue weighted by Gasteiger charge is 2.11. The molecular formula is C22H23FN2O2. The van der Waals surface area contributed by atoms with Crippen molar-refractivity contribution in [2.45, 2.75) is 38.6 Å². The van der Waals surface area contributed by atoms with Crippen LogP contribution in [0.2, 0.25) is 0 Å². The molecule has 0 aliphatic rings. The van der Waals surface area contributed by atoms with Gasteiger partial charge in [0.05, 0.1) is 6.20 Å². The summed E-state index contributed by atoms with van der Waals surface area (Å²) in [6.07, 6.45) is 4.17. The summed E-state index contributed by atoms with van der Waals surface area (Å²) in [5.41, 5.74) is 2.03. The van der Waals surface area contributed by atoms with Crippen molar-refractivity contribution in [3.8, 4) is 11.3 Å². The zero-order chi connectivity index (χ0) is 19.1. The molecule has 2 aromatic carbocycles. The van der Waals surface area contributed by atoms with Crippen LogP contribution in [0, 0.1) is 5.82 Å². The molecule has 1 N–H and O–H groups in total. The van der Waals surface area contributed by atoms with E-state index in [4.69, 9.17) is 4.42 Å². The number of nitrogens with one attached hydrogen (secondary N) is 1. The first-order chi connectivity index (χ1) is 13.1. The van der Waals surface area contributed by atoms with E-state index in [0.29, 0.717) is 24.5 Å². The maximum Gasteiger partial charge on any atom is 0.220 e. The highest BCUT2D eigenvalue weighted by molar-refractivity contribution is 5.76. The molecule has 1 atom stereocenters. The Labute approximate surface area is 158 Å². The van der Waals surface area contributed by atoms with Crippen LogP contribution in [0.1, 0.15) is 31.2 Å². The first-order valence-corrected chi connectivity index (χ1v) is 9.14. The zero-order valence-corrected chi connectivity index (χ0v) is 15.3. The molecule has 27 heavy (non-hydrogen) atoms. The first kappa shape index (κ1) is 18.8. The third-order valence-corrected chi connectivity index (χ3v) is 4.36. The molecule has 1 heterocycles. The number of rotatable bonds is 8. The normalized spacial score (nSPS) is 11.9. The fraction of sp³-hybridized carbons (Fsp3) is 0.273. The van der Waals surface area contributed by atoms with Gasteiger partial charge < -0.3 is 9.73 Å². The smallest absolute Gasteiger partial charge is 0.220 e. The Morgan fingerprint density at radius 1 is 1.11 bits per heavy atom. The minimum absolute atomic E-state index is 0.0166. The van der Waals surface area contributed by atoms with Crippen molar-refractivity contribution in [1.29, 1.82) is 0 Å². The van der Waals surface area contributed by atoms with Crippen LogP contribution >= 0.6 is 0 Å². The number of nitrogens with zero attached hydrogens (tertiary/aromatic N) is 1. The molecule has 0 spiro atoms. The van der Waals surface area contributed by atoms with E-state index in [1.54, 1.807) is 18.3 Å². The van der Waals surface area contributed by atoms with Gasteiger partial charge in [0.2, 0.25) is 5.91 Å². The van der Waals surface area contributed by atoms with Gasteiger partial charge in [0, 0.05) is 24.4 Å². The van der Waals surface area contributed by atoms with Gasteiger partial charge in [-0.3, -0.25) is 4.79 Å². The monoisotopic (exact) mass is 366 g/mol. The van der Waals surface area contributed by atoms with Crippen LogP contribution in [-0.4, -0.2) is 16.9 Å². The average Bonchev–Trinajstić information content (AvgIpc) is 3.15. The number of oxazole rings is 1. The molecule has 0 saturated heterocycles. The van der Waals surface area contributed by atoms with Crippen LogP contribution in [-0.2, 0) is 17.6 Å². The second kappa shape index (κ2) is 9.12. The summed E-state index contributed by atoms with van der Waals surface area (Å²) in [7, 11) is 0. The molecule has 3 rings (SSSR count). The number of benzene rings is 2. The second-order valence-electron chi connectivity index (χ2n) is 6.62. The van der Waals surface area contributed by atoms with E-state index in [-0.39, 0.29) is 17.8 Å². The summed E-state index contributed by atoms with van der Waals surface area (Å²) < 4.78 is 18.6. The van der Waals surface area contributed by atoms with Crippen molar-refractivity contribution in [3.05, 3.63) is 78.1 Å². The molecule has 0 saturated carbocycles. The lowest BCUT2D eigenvalue weighted by Crippen LogP contribution is -2.33. The van der Waals surface area contributed by atoms with Crippen molar-refractivity contribution >= 4 is 5.91 Å². The van der Waals surface area contributed by atoms with Crippen LogP contribution in [0.3, 0.4) is 0 Å². The molecule has 3 aromatic rings. The maximum absolute atomic E-state index is 13.0. The Hall–Kier alpha value is -2.95. The van der Waals surface area contributed by atoms with Gasteiger partial charge in [-0.15, -0.1) is 0 Å². The number of hydrogen-bond donors (Lipinski definition) is 1. The largest absolute Gasteiger partial charge is 0.441 e. The van der Waals surface area contributed by atoms with Gasteiger partial charge >= 0.3 is 0 Å². The number of aryl methyl sites for hydroxylation is 2. The summed E-state index contributed by atoms with van der Waals surface area (Å²) >= 11 is 0. The van der Waals surface area contributed by atoms with E-state index >= 15 is 0 Å². The van der Waals surface area contributed by atoms with Gasteiger partial charge in [-0.05, 0) is 49.6 Å². The van der Waals surface area contributed by atoms with E-state index in [0.717, 1.165) is 18.4 Å². The molecule has 0 unspecified atom stereocenters. The standard InChI is InChI=1S/C22H23FN2O2/c1-16(7-8-17-5-3-2-4-6-17)25-21(26)13-14-22-24-15-20(27-22)18-9-11-19(23)12-10-18/h2-6,9-12,15-16H,7-8,13-14H2,1H3,(H,25,26)/t16-/m0/s1. The van der Waals surface area contributed by atoms with Gasteiger partial charge in [0.1, 0.15) is 5.82 Å². The molecule has 140 valence electrons. The Kier molecular flexibility index (Phi) is 6.36. The lowest BCUT2D eigenvalue weighted by Gasteiger charge is -2.13. The van der Waals surface area contributed by atoms with Gasteiger partial charge in [0.15, 0.2) is 11.7 Å². The summed E-state index contributed by atoms with van der Waals surface area (Å²) in [4.78, 5) is 16.3. The van der Waals surface area contributed by atoms with Crippen molar-refractivity contribution in [2.75, 3.05) is 0 Å². The highest BCUT2D eigenvalue weighted by Crippen LogP contribution is 2.21. The Balaban J connectivity index is 1.43. The number of amides is 1. The maximum atomic E-state index is 13.0. The van der Waals surface area contributed by atoms with Crippen LogP contribution in [0.4, 0.5) is 4.39 Å². The van der Waals surface area contributed by atoms with Crippen molar-refractivity contribution in [2.24, 2.45) is 0 Å². The molecule has 1 amide bonds. The molecule has 0 radical (unpaired) electrons. The predicted octanol–water partition coefficient (Wildman–Crippen LogP) is 4.55. The third kappa shape index (κ3) is 5.78. The summed E-state index contributed by atoms with van der Waals surface area (Å²) in [6, 6.07) is 16.4. The second-order valence-corrected chi connectivity index (χ2v) is 6.62. The quantitative estimate of drug-likeness (QED) is 0.636. The average molecular weight is 366 g/mol. The SMILES string of the molecule is C[C@@H](CCc1ccccc1)NC(=O)CCc1ncc(-c2ccc(F)cc2)o1. The topological polar surface area (TPSA) is 55.1 Å². The van der Waals surface area contributed by atoms with Crippen molar-refractivity contribution in [1.82, 2.24) is 10.3 Å². The summed E-state index contributed by atoms with van der Waals surface area (Å²) in [5, 5.41) is 3.02. The summed E-state index contributed by atoms with van der Waals surface area (Å²) in [5.74, 6) is 0.761. The Morgan fingerprint density at radius 2 is 1.85 bits per heavy atom. The molecule has 4 nitrogen and oxygen atoms in total. The van der Waals surface area contributed by atoms with Crippen LogP contribution < -0.4 is 5.32 Å². The van der Waals surface area contributed by atoms with E-state index in [1.807, 2.05) is 25.1 Å². The Bertz CT molecular complexity index is 860.